The first-order chi connectivity index (χ1) is 9.70. The Labute approximate surface area is 146 Å². The summed E-state index contributed by atoms with van der Waals surface area (Å²) in [6, 6.07) is 2.28. The number of rotatable bonds is 5. The van der Waals surface area contributed by atoms with Crippen LogP contribution in [0.25, 0.3) is 0 Å². The maximum Gasteiger partial charge on any atom is 0.222 e. The number of nitrogens with two attached hydrogens (primary N) is 2. The van der Waals surface area contributed by atoms with Gasteiger partial charge in [0.05, 0.1) is 16.9 Å². The molecule has 3 rings (SSSR count). The van der Waals surface area contributed by atoms with E-state index in [4.69, 9.17) is 11.5 Å². The summed E-state index contributed by atoms with van der Waals surface area (Å²) in [5.74, 6) is 1.52. The minimum absolute atomic E-state index is 0. The van der Waals surface area contributed by atoms with Crippen LogP contribution in [0.4, 0.5) is 11.8 Å². The van der Waals surface area contributed by atoms with Gasteiger partial charge in [0.1, 0.15) is 5.82 Å². The molecule has 0 aliphatic heterocycles. The van der Waals surface area contributed by atoms with Gasteiger partial charge in [-0.05, 0) is 12.8 Å². The number of nitrogens with one attached hydrogen (secondary N) is 1. The fourth-order valence-corrected chi connectivity index (χ4v) is 2.96. The number of hydrogen-bond donors (Lipinski definition) is 3. The van der Waals surface area contributed by atoms with Crippen LogP contribution in [0.2, 0.25) is 0 Å². The first-order valence-electron chi connectivity index (χ1n) is 6.71. The van der Waals surface area contributed by atoms with E-state index in [-0.39, 0.29) is 24.8 Å². The highest BCUT2D eigenvalue weighted by Crippen LogP contribution is 2.35. The molecule has 0 spiro atoms. The van der Waals surface area contributed by atoms with Crippen molar-refractivity contribution in [3.63, 3.8) is 0 Å². The number of hydrogen-bond acceptors (Lipinski definition) is 7. The zero-order valence-corrected chi connectivity index (χ0v) is 14.4. The van der Waals surface area contributed by atoms with Crippen molar-refractivity contribution < 1.29 is 0 Å². The fourth-order valence-electron chi connectivity index (χ4n) is 2.37. The molecule has 0 unspecified atom stereocenters. The van der Waals surface area contributed by atoms with Crippen molar-refractivity contribution in [3.05, 3.63) is 28.3 Å². The lowest BCUT2D eigenvalue weighted by Gasteiger charge is -2.32. The Balaban J connectivity index is 0.00000121. The Morgan fingerprint density at radius 3 is 2.68 bits per heavy atom. The van der Waals surface area contributed by atoms with Crippen LogP contribution in [0, 0.1) is 0 Å². The van der Waals surface area contributed by atoms with E-state index in [0.717, 1.165) is 43.0 Å². The first kappa shape index (κ1) is 18.9. The van der Waals surface area contributed by atoms with Gasteiger partial charge in [0.15, 0.2) is 0 Å². The molecular weight excluding hydrogens is 343 g/mol. The summed E-state index contributed by atoms with van der Waals surface area (Å²) in [6.07, 6.45) is 2.83. The topological polar surface area (TPSA) is 103 Å². The average Bonchev–Trinajstić information content (AvgIpc) is 2.87. The fraction of sp³-hybridized carbons (Fsp3) is 0.462. The molecule has 122 valence electrons. The molecule has 0 radical (unpaired) electrons. The lowest BCUT2D eigenvalue weighted by Crippen LogP contribution is -2.35. The van der Waals surface area contributed by atoms with E-state index in [1.165, 1.54) is 0 Å². The molecule has 0 atom stereocenters. The minimum Gasteiger partial charge on any atom is -0.370 e. The number of halogens is 2. The van der Waals surface area contributed by atoms with Crippen LogP contribution in [0.5, 0.6) is 0 Å². The predicted octanol–water partition coefficient (Wildman–Crippen LogP) is 2.22. The van der Waals surface area contributed by atoms with E-state index in [1.807, 2.05) is 11.6 Å². The van der Waals surface area contributed by atoms with Crippen molar-refractivity contribution >= 4 is 47.9 Å². The highest BCUT2D eigenvalue weighted by molar-refractivity contribution is 7.07. The molecule has 1 aliphatic rings. The quantitative estimate of drug-likeness (QED) is 0.753. The van der Waals surface area contributed by atoms with Gasteiger partial charge < -0.3 is 16.8 Å². The van der Waals surface area contributed by atoms with E-state index < -0.39 is 0 Å². The molecule has 2 aromatic heterocycles. The van der Waals surface area contributed by atoms with Gasteiger partial charge >= 0.3 is 0 Å². The SMILES string of the molecule is Cl.Cl.Nc1nc(NCCc2cscn2)cc(C2CC(N)C2)n1. The van der Waals surface area contributed by atoms with Crippen LogP contribution in [0.3, 0.4) is 0 Å². The maximum absolute atomic E-state index is 5.82. The summed E-state index contributed by atoms with van der Waals surface area (Å²) in [4.78, 5) is 12.8. The number of nitrogen functional groups attached to an aromatic ring is 1. The van der Waals surface area contributed by atoms with Crippen molar-refractivity contribution in [1.82, 2.24) is 15.0 Å². The Morgan fingerprint density at radius 2 is 2.05 bits per heavy atom. The van der Waals surface area contributed by atoms with Crippen molar-refractivity contribution in [1.29, 1.82) is 0 Å². The van der Waals surface area contributed by atoms with Crippen molar-refractivity contribution in [2.45, 2.75) is 31.2 Å². The monoisotopic (exact) mass is 362 g/mol. The second-order valence-corrected chi connectivity index (χ2v) is 5.84. The summed E-state index contributed by atoms with van der Waals surface area (Å²) in [7, 11) is 0. The van der Waals surface area contributed by atoms with Gasteiger partial charge in [-0.3, -0.25) is 0 Å². The van der Waals surface area contributed by atoms with Gasteiger partial charge in [0.25, 0.3) is 0 Å². The second kappa shape index (κ2) is 8.47. The molecule has 9 heteroatoms. The first-order valence-corrected chi connectivity index (χ1v) is 7.66. The van der Waals surface area contributed by atoms with E-state index in [2.05, 4.69) is 25.6 Å². The Morgan fingerprint density at radius 1 is 1.27 bits per heavy atom. The van der Waals surface area contributed by atoms with Crippen LogP contribution in [-0.4, -0.2) is 27.5 Å². The van der Waals surface area contributed by atoms with Gasteiger partial charge in [-0.1, -0.05) is 0 Å². The maximum atomic E-state index is 5.82. The van der Waals surface area contributed by atoms with Crippen molar-refractivity contribution in [2.24, 2.45) is 5.73 Å². The van der Waals surface area contributed by atoms with Crippen molar-refractivity contribution in [2.75, 3.05) is 17.6 Å². The van der Waals surface area contributed by atoms with Crippen LogP contribution < -0.4 is 16.8 Å². The van der Waals surface area contributed by atoms with E-state index in [0.29, 0.717) is 17.9 Å². The van der Waals surface area contributed by atoms with Gasteiger partial charge in [0.2, 0.25) is 5.95 Å². The minimum atomic E-state index is 0. The van der Waals surface area contributed by atoms with Gasteiger partial charge in [-0.25, -0.2) is 9.97 Å². The van der Waals surface area contributed by atoms with E-state index >= 15 is 0 Å². The van der Waals surface area contributed by atoms with Gasteiger partial charge in [-0.15, -0.1) is 36.2 Å². The highest BCUT2D eigenvalue weighted by Gasteiger charge is 2.29. The lowest BCUT2D eigenvalue weighted by molar-refractivity contribution is 0.345. The van der Waals surface area contributed by atoms with Crippen LogP contribution in [-0.2, 0) is 6.42 Å². The van der Waals surface area contributed by atoms with Gasteiger partial charge in [0, 0.05) is 36.4 Å². The molecule has 6 nitrogen and oxygen atoms in total. The van der Waals surface area contributed by atoms with Gasteiger partial charge in [-0.2, -0.15) is 4.98 Å². The Bertz CT molecular complexity index is 574. The largest absolute Gasteiger partial charge is 0.370 e. The molecule has 1 saturated carbocycles. The third-order valence-corrected chi connectivity index (χ3v) is 4.16. The molecule has 22 heavy (non-hydrogen) atoms. The average molecular weight is 363 g/mol. The smallest absolute Gasteiger partial charge is 0.222 e. The predicted molar refractivity (Wildman–Crippen MR) is 95.2 cm³/mol. The molecular formula is C13H20Cl2N6S. The van der Waals surface area contributed by atoms with Crippen molar-refractivity contribution in [3.8, 4) is 0 Å². The molecule has 2 heterocycles. The zero-order chi connectivity index (χ0) is 13.9. The second-order valence-electron chi connectivity index (χ2n) is 5.12. The molecule has 2 aromatic rings. The molecule has 0 amide bonds. The summed E-state index contributed by atoms with van der Waals surface area (Å²) < 4.78 is 0. The van der Waals surface area contributed by atoms with Crippen LogP contribution >= 0.6 is 36.2 Å². The third kappa shape index (κ3) is 4.67. The molecule has 5 N–H and O–H groups in total. The summed E-state index contributed by atoms with van der Waals surface area (Å²) in [6.45, 7) is 0.782. The van der Waals surface area contributed by atoms with E-state index in [1.54, 1.807) is 11.3 Å². The highest BCUT2D eigenvalue weighted by atomic mass is 35.5. The van der Waals surface area contributed by atoms with Crippen LogP contribution in [0.15, 0.2) is 17.0 Å². The van der Waals surface area contributed by atoms with Crippen LogP contribution in [0.1, 0.15) is 30.1 Å². The Hall–Kier alpha value is -1.15. The molecule has 0 aromatic carbocycles. The number of nitrogens with zero attached hydrogens (tertiary/aromatic N) is 3. The molecule has 1 fully saturated rings. The normalized spacial score (nSPS) is 19.5. The summed E-state index contributed by atoms with van der Waals surface area (Å²) >= 11 is 1.61. The molecule has 0 bridgehead atoms. The Kier molecular flexibility index (Phi) is 7.28. The van der Waals surface area contributed by atoms with E-state index in [9.17, 15) is 0 Å². The number of aromatic nitrogens is 3. The zero-order valence-electron chi connectivity index (χ0n) is 11.9. The molecule has 1 aliphatic carbocycles. The standard InChI is InChI=1S/C13H18N6S.2ClH/c14-9-3-8(4-9)11-5-12(19-13(15)18-11)16-2-1-10-6-20-7-17-10;;/h5-9H,1-4,14H2,(H3,15,16,18,19);2*1H. The lowest BCUT2D eigenvalue weighted by atomic mass is 9.78. The molecule has 0 saturated heterocycles. The summed E-state index contributed by atoms with van der Waals surface area (Å²) in [5, 5.41) is 5.33. The number of anilines is 2. The summed E-state index contributed by atoms with van der Waals surface area (Å²) in [5.41, 5.74) is 15.5. The number of thiazole rings is 1. The third-order valence-electron chi connectivity index (χ3n) is 3.53.